The van der Waals surface area contributed by atoms with E-state index in [1.807, 2.05) is 46.8 Å². The molecule has 1 N–H and O–H groups in total. The highest BCUT2D eigenvalue weighted by molar-refractivity contribution is 7.20. The van der Waals surface area contributed by atoms with Gasteiger partial charge in [-0.05, 0) is 30.4 Å². The van der Waals surface area contributed by atoms with Crippen molar-refractivity contribution in [1.82, 2.24) is 19.7 Å². The lowest BCUT2D eigenvalue weighted by atomic mass is 9.97. The predicted octanol–water partition coefficient (Wildman–Crippen LogP) is 2.54. The number of fused-ring (bicyclic) bond motifs is 1. The number of rotatable bonds is 3. The van der Waals surface area contributed by atoms with E-state index in [9.17, 15) is 9.90 Å². The van der Waals surface area contributed by atoms with Crippen LogP contribution < -0.4 is 0 Å². The average Bonchev–Trinajstić information content (AvgIpc) is 3.24. The van der Waals surface area contributed by atoms with E-state index in [0.717, 1.165) is 40.2 Å². The van der Waals surface area contributed by atoms with Crippen LogP contribution >= 0.6 is 11.3 Å². The summed E-state index contributed by atoms with van der Waals surface area (Å²) in [5.74, 6) is 1.65. The molecule has 25 heavy (non-hydrogen) atoms. The van der Waals surface area contributed by atoms with Gasteiger partial charge in [0.05, 0.1) is 4.88 Å². The lowest BCUT2D eigenvalue weighted by Crippen LogP contribution is -2.39. The fraction of sp³-hybridized carbons (Fsp3) is 0.389. The molecule has 7 heteroatoms. The van der Waals surface area contributed by atoms with Gasteiger partial charge in [0.2, 0.25) is 0 Å². The Bertz CT molecular complexity index is 884. The number of carbonyl (C=O) groups excluding carboxylic acids is 1. The summed E-state index contributed by atoms with van der Waals surface area (Å²) in [7, 11) is 1.87. The Balaban J connectivity index is 1.56. The van der Waals surface area contributed by atoms with Gasteiger partial charge in [0, 0.05) is 30.8 Å². The van der Waals surface area contributed by atoms with Gasteiger partial charge in [-0.1, -0.05) is 18.2 Å². The second kappa shape index (κ2) is 6.57. The number of carbonyl (C=O) groups is 1. The smallest absolute Gasteiger partial charge is 0.263 e. The van der Waals surface area contributed by atoms with Crippen LogP contribution in [-0.2, 0) is 13.7 Å². The maximum absolute atomic E-state index is 12.9. The zero-order valence-electron chi connectivity index (χ0n) is 14.1. The van der Waals surface area contributed by atoms with E-state index in [1.165, 1.54) is 0 Å². The molecule has 0 aliphatic carbocycles. The van der Waals surface area contributed by atoms with Gasteiger partial charge >= 0.3 is 0 Å². The quantitative estimate of drug-likeness (QED) is 0.783. The van der Waals surface area contributed by atoms with E-state index >= 15 is 0 Å². The summed E-state index contributed by atoms with van der Waals surface area (Å²) in [6.45, 7) is 1.29. The van der Waals surface area contributed by atoms with Crippen LogP contribution in [0.2, 0.25) is 0 Å². The van der Waals surface area contributed by atoms with Crippen LogP contribution in [0.5, 0.6) is 0 Å². The summed E-state index contributed by atoms with van der Waals surface area (Å²) in [4.78, 5) is 15.7. The standard InChI is InChI=1S/C18H20N4O2S/c1-21-16(11-23)19-20-17(21)13-6-4-8-22(10-13)18(24)15-9-12-5-2-3-7-14(12)25-15/h2-3,5,7,9,13,23H,4,6,8,10-11H2,1H3/t13-/m1/s1. The van der Waals surface area contributed by atoms with Crippen LogP contribution in [0.15, 0.2) is 30.3 Å². The Morgan fingerprint density at radius 3 is 2.96 bits per heavy atom. The van der Waals surface area contributed by atoms with Gasteiger partial charge in [-0.3, -0.25) is 4.79 Å². The summed E-state index contributed by atoms with van der Waals surface area (Å²) in [6.07, 6.45) is 1.93. The minimum Gasteiger partial charge on any atom is -0.388 e. The number of likely N-dealkylation sites (tertiary alicyclic amines) is 1. The first-order chi connectivity index (χ1) is 12.2. The van der Waals surface area contributed by atoms with Crippen molar-refractivity contribution < 1.29 is 9.90 Å². The molecule has 3 aromatic rings. The minimum absolute atomic E-state index is 0.0930. The molecule has 6 nitrogen and oxygen atoms in total. The predicted molar refractivity (Wildman–Crippen MR) is 96.6 cm³/mol. The van der Waals surface area contributed by atoms with Crippen LogP contribution in [0.3, 0.4) is 0 Å². The highest BCUT2D eigenvalue weighted by Gasteiger charge is 2.29. The summed E-state index contributed by atoms with van der Waals surface area (Å²) in [5.41, 5.74) is 0. The van der Waals surface area contributed by atoms with Crippen molar-refractivity contribution in [3.05, 3.63) is 46.9 Å². The van der Waals surface area contributed by atoms with Gasteiger partial charge in [-0.25, -0.2) is 0 Å². The molecule has 3 heterocycles. The molecule has 130 valence electrons. The number of aromatic nitrogens is 3. The topological polar surface area (TPSA) is 71.2 Å². The Hall–Kier alpha value is -2.25. The fourth-order valence-electron chi connectivity index (χ4n) is 3.48. The molecule has 1 aromatic carbocycles. The van der Waals surface area contributed by atoms with E-state index < -0.39 is 0 Å². The average molecular weight is 356 g/mol. The van der Waals surface area contributed by atoms with Crippen LogP contribution in [0.1, 0.15) is 40.1 Å². The maximum Gasteiger partial charge on any atom is 0.263 e. The summed E-state index contributed by atoms with van der Waals surface area (Å²) >= 11 is 1.55. The number of aliphatic hydroxyl groups is 1. The van der Waals surface area contributed by atoms with E-state index in [0.29, 0.717) is 12.4 Å². The van der Waals surface area contributed by atoms with Crippen LogP contribution in [0.4, 0.5) is 0 Å². The molecule has 0 saturated carbocycles. The Morgan fingerprint density at radius 1 is 1.36 bits per heavy atom. The highest BCUT2D eigenvalue weighted by Crippen LogP contribution is 2.30. The van der Waals surface area contributed by atoms with Crippen molar-refractivity contribution >= 4 is 27.3 Å². The van der Waals surface area contributed by atoms with E-state index in [4.69, 9.17) is 0 Å². The largest absolute Gasteiger partial charge is 0.388 e. The molecule has 1 aliphatic rings. The first-order valence-electron chi connectivity index (χ1n) is 8.44. The van der Waals surface area contributed by atoms with Crippen LogP contribution in [0, 0.1) is 0 Å². The van der Waals surface area contributed by atoms with Crippen LogP contribution in [0.25, 0.3) is 10.1 Å². The Kier molecular flexibility index (Phi) is 4.27. The minimum atomic E-state index is -0.124. The maximum atomic E-state index is 12.9. The van der Waals surface area contributed by atoms with Crippen molar-refractivity contribution in [2.45, 2.75) is 25.4 Å². The van der Waals surface area contributed by atoms with E-state index in [2.05, 4.69) is 10.2 Å². The molecule has 1 fully saturated rings. The number of aliphatic hydroxyl groups excluding tert-OH is 1. The number of hydrogen-bond acceptors (Lipinski definition) is 5. The van der Waals surface area contributed by atoms with Crippen molar-refractivity contribution in [2.75, 3.05) is 13.1 Å². The second-order valence-electron chi connectivity index (χ2n) is 6.43. The molecule has 1 atom stereocenters. The number of amides is 1. The molecular weight excluding hydrogens is 336 g/mol. The van der Waals surface area contributed by atoms with Gasteiger partial charge in [-0.2, -0.15) is 0 Å². The van der Waals surface area contributed by atoms with Crippen LogP contribution in [-0.4, -0.2) is 43.8 Å². The van der Waals surface area contributed by atoms with Gasteiger partial charge in [0.15, 0.2) is 5.82 Å². The zero-order chi connectivity index (χ0) is 17.4. The SMILES string of the molecule is Cn1c(CO)nnc1[C@@H]1CCCN(C(=O)c2cc3ccccc3s2)C1. The molecule has 0 unspecified atom stereocenters. The van der Waals surface area contributed by atoms with Gasteiger partial charge < -0.3 is 14.6 Å². The molecule has 4 rings (SSSR count). The number of benzene rings is 1. The number of piperidine rings is 1. The molecule has 1 aliphatic heterocycles. The molecule has 2 aromatic heterocycles. The lowest BCUT2D eigenvalue weighted by molar-refractivity contribution is 0.0708. The third kappa shape index (κ3) is 2.94. The van der Waals surface area contributed by atoms with Gasteiger partial charge in [0.25, 0.3) is 5.91 Å². The van der Waals surface area contributed by atoms with Crippen molar-refractivity contribution in [2.24, 2.45) is 7.05 Å². The number of nitrogens with zero attached hydrogens (tertiary/aromatic N) is 4. The third-order valence-electron chi connectivity index (χ3n) is 4.85. The Morgan fingerprint density at radius 2 is 2.20 bits per heavy atom. The summed E-state index contributed by atoms with van der Waals surface area (Å²) < 4.78 is 2.98. The number of hydrogen-bond donors (Lipinski definition) is 1. The second-order valence-corrected chi connectivity index (χ2v) is 7.51. The molecule has 0 bridgehead atoms. The fourth-order valence-corrected chi connectivity index (χ4v) is 4.51. The first-order valence-corrected chi connectivity index (χ1v) is 9.26. The molecule has 0 spiro atoms. The molecule has 1 amide bonds. The normalized spacial score (nSPS) is 18.0. The lowest BCUT2D eigenvalue weighted by Gasteiger charge is -2.32. The molecule has 1 saturated heterocycles. The molecular formula is C18H20N4O2S. The zero-order valence-corrected chi connectivity index (χ0v) is 14.9. The summed E-state index contributed by atoms with van der Waals surface area (Å²) in [5, 5.41) is 18.7. The van der Waals surface area contributed by atoms with E-state index in [-0.39, 0.29) is 18.4 Å². The van der Waals surface area contributed by atoms with Gasteiger partial charge in [-0.15, -0.1) is 21.5 Å². The van der Waals surface area contributed by atoms with Crippen molar-refractivity contribution in [3.63, 3.8) is 0 Å². The van der Waals surface area contributed by atoms with Gasteiger partial charge in [0.1, 0.15) is 12.4 Å². The first kappa shape index (κ1) is 16.2. The molecule has 0 radical (unpaired) electrons. The monoisotopic (exact) mass is 356 g/mol. The highest BCUT2D eigenvalue weighted by atomic mass is 32.1. The van der Waals surface area contributed by atoms with Crippen molar-refractivity contribution in [1.29, 1.82) is 0 Å². The number of thiophene rings is 1. The Labute approximate surface area is 149 Å². The van der Waals surface area contributed by atoms with Crippen molar-refractivity contribution in [3.8, 4) is 0 Å². The van der Waals surface area contributed by atoms with E-state index in [1.54, 1.807) is 11.3 Å². The summed E-state index contributed by atoms with van der Waals surface area (Å²) in [6, 6.07) is 10.1. The third-order valence-corrected chi connectivity index (χ3v) is 5.95.